The summed E-state index contributed by atoms with van der Waals surface area (Å²) >= 11 is 0. The quantitative estimate of drug-likeness (QED) is 0.837. The fraction of sp³-hybridized carbons (Fsp3) is 0.579. The van der Waals surface area contributed by atoms with Crippen LogP contribution in [-0.4, -0.2) is 49.6 Å². The van der Waals surface area contributed by atoms with E-state index < -0.39 is 0 Å². The molecule has 2 atom stereocenters. The van der Waals surface area contributed by atoms with Gasteiger partial charge in [0.2, 0.25) is 5.91 Å². The van der Waals surface area contributed by atoms with E-state index in [2.05, 4.69) is 5.32 Å². The third-order valence-corrected chi connectivity index (χ3v) is 5.42. The lowest BCUT2D eigenvalue weighted by Crippen LogP contribution is -2.41. The molecule has 2 aliphatic rings. The first kappa shape index (κ1) is 20.7. The molecular formula is C19H28ClN3O3. The maximum atomic E-state index is 12.8. The van der Waals surface area contributed by atoms with E-state index in [1.165, 1.54) is 0 Å². The molecule has 0 unspecified atom stereocenters. The minimum atomic E-state index is -0.0250. The summed E-state index contributed by atoms with van der Waals surface area (Å²) in [7, 11) is 0. The van der Waals surface area contributed by atoms with Crippen molar-refractivity contribution in [2.24, 2.45) is 17.6 Å². The lowest BCUT2D eigenvalue weighted by Gasteiger charge is -2.27. The molecule has 26 heavy (non-hydrogen) atoms. The molecule has 144 valence electrons. The minimum Gasteiger partial charge on any atom is -0.378 e. The monoisotopic (exact) mass is 381 g/mol. The van der Waals surface area contributed by atoms with E-state index in [0.29, 0.717) is 44.1 Å². The molecule has 0 bridgehead atoms. The highest BCUT2D eigenvalue weighted by Crippen LogP contribution is 2.32. The van der Waals surface area contributed by atoms with Crippen LogP contribution in [0.5, 0.6) is 0 Å². The van der Waals surface area contributed by atoms with Gasteiger partial charge in [0.25, 0.3) is 5.91 Å². The minimum absolute atomic E-state index is 0. The van der Waals surface area contributed by atoms with E-state index in [-0.39, 0.29) is 36.1 Å². The number of anilines is 1. The standard InChI is InChI=1S/C19H27N3O3.ClH/c1-13-15(19(24)22-8-10-25-11-9-22)5-3-7-17(13)21-18(23)16-6-2-4-14(16)12-20;/h3,5,7,14,16H,2,4,6,8-12,20H2,1H3,(H,21,23);1H/t14-,16-;/m1./s1. The summed E-state index contributed by atoms with van der Waals surface area (Å²) in [5.74, 6) is 0.256. The Morgan fingerprint density at radius 2 is 2.00 bits per heavy atom. The van der Waals surface area contributed by atoms with E-state index in [4.69, 9.17) is 10.5 Å². The van der Waals surface area contributed by atoms with Crippen LogP contribution in [0.2, 0.25) is 0 Å². The highest BCUT2D eigenvalue weighted by Gasteiger charge is 2.32. The molecule has 1 aromatic carbocycles. The van der Waals surface area contributed by atoms with Crippen molar-refractivity contribution >= 4 is 29.9 Å². The van der Waals surface area contributed by atoms with Crippen LogP contribution in [0, 0.1) is 18.8 Å². The van der Waals surface area contributed by atoms with Gasteiger partial charge < -0.3 is 20.7 Å². The van der Waals surface area contributed by atoms with Crippen LogP contribution in [0.25, 0.3) is 0 Å². The Morgan fingerprint density at radius 3 is 2.69 bits per heavy atom. The van der Waals surface area contributed by atoms with E-state index >= 15 is 0 Å². The van der Waals surface area contributed by atoms with Gasteiger partial charge in [-0.2, -0.15) is 0 Å². The van der Waals surface area contributed by atoms with E-state index in [0.717, 1.165) is 24.8 Å². The van der Waals surface area contributed by atoms with E-state index in [9.17, 15) is 9.59 Å². The third-order valence-electron chi connectivity index (χ3n) is 5.42. The van der Waals surface area contributed by atoms with Gasteiger partial charge in [0.1, 0.15) is 0 Å². The number of hydrogen-bond acceptors (Lipinski definition) is 4. The predicted molar refractivity (Wildman–Crippen MR) is 104 cm³/mol. The fourth-order valence-electron chi connectivity index (χ4n) is 3.83. The Balaban J connectivity index is 0.00000243. The van der Waals surface area contributed by atoms with Crippen molar-refractivity contribution in [3.63, 3.8) is 0 Å². The van der Waals surface area contributed by atoms with Gasteiger partial charge in [-0.3, -0.25) is 9.59 Å². The fourth-order valence-corrected chi connectivity index (χ4v) is 3.83. The average molecular weight is 382 g/mol. The zero-order chi connectivity index (χ0) is 17.8. The molecule has 7 heteroatoms. The number of benzene rings is 1. The number of rotatable bonds is 4. The molecule has 0 radical (unpaired) electrons. The molecule has 0 aromatic heterocycles. The Labute approximate surface area is 160 Å². The molecule has 1 aromatic rings. The number of halogens is 1. The third kappa shape index (κ3) is 4.37. The van der Waals surface area contributed by atoms with Crippen molar-refractivity contribution in [2.45, 2.75) is 26.2 Å². The second-order valence-corrected chi connectivity index (χ2v) is 6.91. The molecule has 1 saturated heterocycles. The Morgan fingerprint density at radius 1 is 1.27 bits per heavy atom. The summed E-state index contributed by atoms with van der Waals surface area (Å²) in [6.07, 6.45) is 2.96. The van der Waals surface area contributed by atoms with Crippen LogP contribution in [0.4, 0.5) is 5.69 Å². The number of hydrogen-bond donors (Lipinski definition) is 2. The van der Waals surface area contributed by atoms with E-state index in [1.807, 2.05) is 25.1 Å². The Hall–Kier alpha value is -1.63. The molecule has 1 heterocycles. The van der Waals surface area contributed by atoms with Gasteiger partial charge >= 0.3 is 0 Å². The molecule has 1 saturated carbocycles. The van der Waals surface area contributed by atoms with Gasteiger partial charge in [-0.25, -0.2) is 0 Å². The molecule has 2 fully saturated rings. The summed E-state index contributed by atoms with van der Waals surface area (Å²) in [5, 5.41) is 3.02. The number of nitrogens with one attached hydrogen (secondary N) is 1. The first-order valence-electron chi connectivity index (χ1n) is 9.09. The number of carbonyl (C=O) groups excluding carboxylic acids is 2. The van der Waals surface area contributed by atoms with Crippen molar-refractivity contribution in [3.8, 4) is 0 Å². The topological polar surface area (TPSA) is 84.7 Å². The highest BCUT2D eigenvalue weighted by molar-refractivity contribution is 6.00. The molecule has 1 aliphatic carbocycles. The van der Waals surface area contributed by atoms with Gasteiger partial charge in [0.15, 0.2) is 0 Å². The molecule has 3 rings (SSSR count). The molecule has 6 nitrogen and oxygen atoms in total. The van der Waals surface area contributed by atoms with Crippen LogP contribution in [0.3, 0.4) is 0 Å². The maximum Gasteiger partial charge on any atom is 0.254 e. The van der Waals surface area contributed by atoms with Crippen molar-refractivity contribution in [1.82, 2.24) is 4.90 Å². The number of nitrogens with two attached hydrogens (primary N) is 1. The summed E-state index contributed by atoms with van der Waals surface area (Å²) < 4.78 is 5.31. The van der Waals surface area contributed by atoms with Gasteiger partial charge in [-0.1, -0.05) is 12.5 Å². The van der Waals surface area contributed by atoms with Gasteiger partial charge in [0, 0.05) is 30.3 Å². The lowest BCUT2D eigenvalue weighted by atomic mass is 9.95. The predicted octanol–water partition coefficient (Wildman–Crippen LogP) is 2.20. The zero-order valence-corrected chi connectivity index (χ0v) is 16.0. The van der Waals surface area contributed by atoms with Crippen molar-refractivity contribution in [2.75, 3.05) is 38.2 Å². The van der Waals surface area contributed by atoms with Crippen LogP contribution in [0.15, 0.2) is 18.2 Å². The van der Waals surface area contributed by atoms with Crippen LogP contribution in [-0.2, 0) is 9.53 Å². The van der Waals surface area contributed by atoms with Crippen molar-refractivity contribution < 1.29 is 14.3 Å². The van der Waals surface area contributed by atoms with Crippen LogP contribution < -0.4 is 11.1 Å². The summed E-state index contributed by atoms with van der Waals surface area (Å²) in [5.41, 5.74) is 7.96. The first-order valence-corrected chi connectivity index (χ1v) is 9.09. The number of carbonyl (C=O) groups is 2. The Bertz CT molecular complexity index is 647. The van der Waals surface area contributed by atoms with Crippen molar-refractivity contribution in [1.29, 1.82) is 0 Å². The van der Waals surface area contributed by atoms with Crippen molar-refractivity contribution in [3.05, 3.63) is 29.3 Å². The molecule has 0 spiro atoms. The average Bonchev–Trinajstić information content (AvgIpc) is 3.12. The zero-order valence-electron chi connectivity index (χ0n) is 15.2. The number of nitrogens with zero attached hydrogens (tertiary/aromatic N) is 1. The summed E-state index contributed by atoms with van der Waals surface area (Å²) in [6.45, 7) is 4.79. The van der Waals surface area contributed by atoms with Crippen LogP contribution in [0.1, 0.15) is 35.2 Å². The number of amides is 2. The molecular weight excluding hydrogens is 354 g/mol. The normalized spacial score (nSPS) is 22.6. The second-order valence-electron chi connectivity index (χ2n) is 6.91. The first-order chi connectivity index (χ1) is 12.1. The second kappa shape index (κ2) is 9.35. The maximum absolute atomic E-state index is 12.8. The molecule has 1 aliphatic heterocycles. The number of morpholine rings is 1. The summed E-state index contributed by atoms with van der Waals surface area (Å²) in [6, 6.07) is 5.50. The summed E-state index contributed by atoms with van der Waals surface area (Å²) in [4.78, 5) is 27.2. The Kier molecular flexibility index (Phi) is 7.43. The van der Waals surface area contributed by atoms with Crippen LogP contribution >= 0.6 is 12.4 Å². The largest absolute Gasteiger partial charge is 0.378 e. The highest BCUT2D eigenvalue weighted by atomic mass is 35.5. The van der Waals surface area contributed by atoms with Gasteiger partial charge in [-0.05, 0) is 49.9 Å². The SMILES string of the molecule is Cc1c(NC(=O)[C@@H]2CCC[C@@H]2CN)cccc1C(=O)N1CCOCC1.Cl. The molecule has 2 amide bonds. The van der Waals surface area contributed by atoms with Gasteiger partial charge in [0.05, 0.1) is 13.2 Å². The number of ether oxygens (including phenoxy) is 1. The molecule has 3 N–H and O–H groups in total. The smallest absolute Gasteiger partial charge is 0.254 e. The van der Waals surface area contributed by atoms with Gasteiger partial charge in [-0.15, -0.1) is 12.4 Å². The van der Waals surface area contributed by atoms with E-state index in [1.54, 1.807) is 4.90 Å². The lowest BCUT2D eigenvalue weighted by molar-refractivity contribution is -0.120.